The zero-order chi connectivity index (χ0) is 11.2. The molecule has 1 aromatic rings. The maximum atomic E-state index is 11.7. The van der Waals surface area contributed by atoms with E-state index in [4.69, 9.17) is 4.74 Å². The maximum Gasteiger partial charge on any atom is 0.212 e. The number of ether oxygens (including phenoxy) is 1. The van der Waals surface area contributed by atoms with Gasteiger partial charge in [0.2, 0.25) is 5.79 Å². The van der Waals surface area contributed by atoms with Gasteiger partial charge in [0.15, 0.2) is 5.78 Å². The summed E-state index contributed by atoms with van der Waals surface area (Å²) in [5.41, 5.74) is 0.786. The van der Waals surface area contributed by atoms with Crippen LogP contribution in [0.2, 0.25) is 0 Å². The number of ketones is 1. The molecule has 0 bridgehead atoms. The number of benzene rings is 1. The second-order valence-corrected chi connectivity index (χ2v) is 3.98. The van der Waals surface area contributed by atoms with Gasteiger partial charge in [-0.2, -0.15) is 0 Å². The maximum absolute atomic E-state index is 11.7. The fraction of sp³-hybridized carbons (Fsp3) is 0.364. The van der Waals surface area contributed by atoms with E-state index in [0.717, 1.165) is 0 Å². The molecule has 0 aromatic heterocycles. The molecule has 15 heavy (non-hydrogen) atoms. The molecule has 0 fully saturated rings. The third kappa shape index (κ3) is 1.57. The third-order valence-corrected chi connectivity index (χ3v) is 2.44. The molecule has 80 valence electrons. The molecule has 2 N–H and O–H groups in total. The monoisotopic (exact) mass is 208 g/mol. The first kappa shape index (κ1) is 9.98. The van der Waals surface area contributed by atoms with Gasteiger partial charge in [-0.3, -0.25) is 4.79 Å². The highest BCUT2D eigenvalue weighted by Gasteiger charge is 2.36. The quantitative estimate of drug-likeness (QED) is 0.675. The van der Waals surface area contributed by atoms with E-state index in [1.165, 1.54) is 6.92 Å². The lowest BCUT2D eigenvalue weighted by atomic mass is 9.96. The number of hydrogen-bond acceptors (Lipinski definition) is 4. The van der Waals surface area contributed by atoms with Gasteiger partial charge in [0.05, 0.1) is 6.42 Å². The molecule has 1 aliphatic heterocycles. The number of hydrogen-bond donors (Lipinski definition) is 2. The Hall–Kier alpha value is -1.55. The molecule has 1 unspecified atom stereocenters. The van der Waals surface area contributed by atoms with Gasteiger partial charge in [-0.05, 0) is 18.6 Å². The summed E-state index contributed by atoms with van der Waals surface area (Å²) in [6.45, 7) is 3.13. The van der Waals surface area contributed by atoms with E-state index >= 15 is 0 Å². The van der Waals surface area contributed by atoms with E-state index in [2.05, 4.69) is 0 Å². The van der Waals surface area contributed by atoms with Crippen LogP contribution < -0.4 is 4.74 Å². The van der Waals surface area contributed by atoms with E-state index in [-0.39, 0.29) is 29.3 Å². The molecule has 0 radical (unpaired) electrons. The minimum atomic E-state index is -1.48. The summed E-state index contributed by atoms with van der Waals surface area (Å²) in [6, 6.07) is 3.22. The lowest BCUT2D eigenvalue weighted by Gasteiger charge is -2.30. The average molecular weight is 208 g/mol. The summed E-state index contributed by atoms with van der Waals surface area (Å²) in [5, 5.41) is 19.3. The number of fused-ring (bicyclic) bond motifs is 1. The Bertz CT molecular complexity index is 434. The number of Topliss-reactive ketones (excluding diaryl/α,β-unsaturated/α-hetero) is 1. The first-order chi connectivity index (χ1) is 6.91. The van der Waals surface area contributed by atoms with Crippen molar-refractivity contribution in [2.24, 2.45) is 0 Å². The van der Waals surface area contributed by atoms with Crippen molar-refractivity contribution < 1.29 is 19.7 Å². The highest BCUT2D eigenvalue weighted by atomic mass is 16.6. The first-order valence-electron chi connectivity index (χ1n) is 4.68. The summed E-state index contributed by atoms with van der Waals surface area (Å²) in [5.74, 6) is -1.61. The number of carbonyl (C=O) groups is 1. The largest absolute Gasteiger partial charge is 0.507 e. The molecule has 0 saturated heterocycles. The lowest BCUT2D eigenvalue weighted by Crippen LogP contribution is -2.38. The number of aliphatic hydroxyl groups is 1. The summed E-state index contributed by atoms with van der Waals surface area (Å²) < 4.78 is 5.20. The summed E-state index contributed by atoms with van der Waals surface area (Å²) >= 11 is 0. The Morgan fingerprint density at radius 2 is 2.13 bits per heavy atom. The van der Waals surface area contributed by atoms with Crippen LogP contribution in [0.5, 0.6) is 11.5 Å². The predicted octanol–water partition coefficient (Wildman–Crippen LogP) is 1.37. The van der Waals surface area contributed by atoms with Crippen molar-refractivity contribution in [3.8, 4) is 11.5 Å². The highest BCUT2D eigenvalue weighted by Crippen LogP contribution is 2.38. The van der Waals surface area contributed by atoms with Crippen LogP contribution in [0.25, 0.3) is 0 Å². The molecule has 2 rings (SSSR count). The number of rotatable bonds is 0. The van der Waals surface area contributed by atoms with Gasteiger partial charge in [-0.1, -0.05) is 6.07 Å². The van der Waals surface area contributed by atoms with Crippen LogP contribution in [0.1, 0.15) is 29.3 Å². The van der Waals surface area contributed by atoms with E-state index in [1.807, 2.05) is 0 Å². The average Bonchev–Trinajstić information content (AvgIpc) is 2.09. The molecule has 0 spiro atoms. The zero-order valence-corrected chi connectivity index (χ0v) is 8.57. The molecule has 0 amide bonds. The van der Waals surface area contributed by atoms with Gasteiger partial charge in [0.1, 0.15) is 17.1 Å². The van der Waals surface area contributed by atoms with Gasteiger partial charge in [-0.15, -0.1) is 0 Å². The number of aryl methyl sites for hydroxylation is 1. The van der Waals surface area contributed by atoms with Gasteiger partial charge in [0.25, 0.3) is 0 Å². The minimum absolute atomic E-state index is 0.0620. The van der Waals surface area contributed by atoms with Crippen LogP contribution in [0.4, 0.5) is 0 Å². The molecule has 4 heteroatoms. The Kier molecular flexibility index (Phi) is 1.98. The first-order valence-corrected chi connectivity index (χ1v) is 4.68. The molecular formula is C11H12O4. The van der Waals surface area contributed by atoms with Crippen LogP contribution >= 0.6 is 0 Å². The van der Waals surface area contributed by atoms with Crippen LogP contribution in [0, 0.1) is 6.92 Å². The molecule has 0 aliphatic carbocycles. The van der Waals surface area contributed by atoms with E-state index in [9.17, 15) is 15.0 Å². The van der Waals surface area contributed by atoms with Crippen molar-refractivity contribution in [2.45, 2.75) is 26.1 Å². The molecule has 1 aromatic carbocycles. The van der Waals surface area contributed by atoms with Gasteiger partial charge < -0.3 is 14.9 Å². The minimum Gasteiger partial charge on any atom is -0.507 e. The smallest absolute Gasteiger partial charge is 0.212 e. The lowest BCUT2D eigenvalue weighted by molar-refractivity contribution is -0.123. The number of carbonyl (C=O) groups excluding carboxylic acids is 1. The SMILES string of the molecule is Cc1ccc2c(c1O)C(=O)CC(C)(O)O2. The molecule has 1 aliphatic rings. The van der Waals surface area contributed by atoms with E-state index in [1.54, 1.807) is 19.1 Å². The second-order valence-electron chi connectivity index (χ2n) is 3.98. The summed E-state index contributed by atoms with van der Waals surface area (Å²) in [6.07, 6.45) is -0.142. The predicted molar refractivity (Wildman–Crippen MR) is 53.0 cm³/mol. The Morgan fingerprint density at radius 1 is 1.47 bits per heavy atom. The standard InChI is InChI=1S/C11H12O4/c1-6-3-4-8-9(10(6)13)7(12)5-11(2,14)15-8/h3-4,13-14H,5H2,1-2H3. The van der Waals surface area contributed by atoms with Crippen molar-refractivity contribution in [2.75, 3.05) is 0 Å². The molecule has 4 nitrogen and oxygen atoms in total. The fourth-order valence-corrected chi connectivity index (χ4v) is 1.69. The van der Waals surface area contributed by atoms with Crippen molar-refractivity contribution in [3.05, 3.63) is 23.3 Å². The summed E-state index contributed by atoms with van der Waals surface area (Å²) in [7, 11) is 0. The van der Waals surface area contributed by atoms with Crippen molar-refractivity contribution >= 4 is 5.78 Å². The number of aromatic hydroxyl groups is 1. The van der Waals surface area contributed by atoms with E-state index < -0.39 is 5.79 Å². The molecule has 0 saturated carbocycles. The van der Waals surface area contributed by atoms with E-state index in [0.29, 0.717) is 5.56 Å². The second kappa shape index (κ2) is 2.97. The topological polar surface area (TPSA) is 66.8 Å². The van der Waals surface area contributed by atoms with Gasteiger partial charge in [0, 0.05) is 6.92 Å². The van der Waals surface area contributed by atoms with Gasteiger partial charge >= 0.3 is 0 Å². The van der Waals surface area contributed by atoms with Crippen LogP contribution in [-0.2, 0) is 0 Å². The van der Waals surface area contributed by atoms with Crippen molar-refractivity contribution in [1.82, 2.24) is 0 Å². The van der Waals surface area contributed by atoms with Gasteiger partial charge in [-0.25, -0.2) is 0 Å². The van der Waals surface area contributed by atoms with Crippen molar-refractivity contribution in [3.63, 3.8) is 0 Å². The van der Waals surface area contributed by atoms with Crippen molar-refractivity contribution in [1.29, 1.82) is 0 Å². The zero-order valence-electron chi connectivity index (χ0n) is 8.57. The normalized spacial score (nSPS) is 24.6. The Morgan fingerprint density at radius 3 is 2.80 bits per heavy atom. The molecule has 1 heterocycles. The highest BCUT2D eigenvalue weighted by molar-refractivity contribution is 6.02. The number of phenolic OH excluding ortho intramolecular Hbond substituents is 1. The summed E-state index contributed by atoms with van der Waals surface area (Å²) in [4.78, 5) is 11.7. The number of phenols is 1. The molecule has 1 atom stereocenters. The van der Waals surface area contributed by atoms with Crippen LogP contribution in [0.15, 0.2) is 12.1 Å². The Labute approximate surface area is 87.1 Å². The van der Waals surface area contributed by atoms with Crippen LogP contribution in [-0.4, -0.2) is 21.8 Å². The molecular weight excluding hydrogens is 196 g/mol. The third-order valence-electron chi connectivity index (χ3n) is 2.44. The Balaban J connectivity index is 2.60. The fourth-order valence-electron chi connectivity index (χ4n) is 1.69. The van der Waals surface area contributed by atoms with Crippen LogP contribution in [0.3, 0.4) is 0 Å².